The third kappa shape index (κ3) is 6.39. The minimum atomic E-state index is -2.16. The van der Waals surface area contributed by atoms with Crippen molar-refractivity contribution in [3.8, 4) is 5.75 Å². The van der Waals surface area contributed by atoms with Gasteiger partial charge in [-0.05, 0) is 37.1 Å². The predicted octanol–water partition coefficient (Wildman–Crippen LogP) is -0.00470. The number of rotatable bonds is 7. The van der Waals surface area contributed by atoms with Gasteiger partial charge in [-0.3, -0.25) is 19.3 Å². The van der Waals surface area contributed by atoms with Gasteiger partial charge in [0.2, 0.25) is 5.91 Å². The molecule has 0 radical (unpaired) electrons. The first kappa shape index (κ1) is 31.7. The number of benzene rings is 2. The normalized spacial score (nSPS) is 16.8. The van der Waals surface area contributed by atoms with E-state index in [0.29, 0.717) is 22.6 Å². The van der Waals surface area contributed by atoms with Crippen molar-refractivity contribution in [3.05, 3.63) is 58.7 Å². The topological polar surface area (TPSA) is 207 Å². The van der Waals surface area contributed by atoms with Gasteiger partial charge in [0.05, 0.1) is 17.1 Å². The first-order valence-electron chi connectivity index (χ1n) is 13.2. The predicted molar refractivity (Wildman–Crippen MR) is 147 cm³/mol. The number of piperazine rings is 1. The molecule has 0 spiro atoms. The Kier molecular flexibility index (Phi) is 9.32. The van der Waals surface area contributed by atoms with Gasteiger partial charge in [-0.25, -0.2) is 23.2 Å². The van der Waals surface area contributed by atoms with Gasteiger partial charge in [-0.15, -0.1) is 0 Å². The van der Waals surface area contributed by atoms with E-state index in [0.717, 1.165) is 0 Å². The molecule has 2 heterocycles. The molecule has 0 aromatic heterocycles. The number of urea groups is 2. The van der Waals surface area contributed by atoms with Crippen LogP contribution < -0.4 is 25.9 Å². The summed E-state index contributed by atoms with van der Waals surface area (Å²) in [5.41, 5.74) is -1.26. The molecule has 1 saturated heterocycles. The average Bonchev–Trinajstić information content (AvgIpc) is 2.97. The van der Waals surface area contributed by atoms with E-state index in [9.17, 15) is 38.9 Å². The number of hydrogen-bond acceptors (Lipinski definition) is 8. The third-order valence-electron chi connectivity index (χ3n) is 7.00. The van der Waals surface area contributed by atoms with Crippen LogP contribution in [0, 0.1) is 11.6 Å². The molecule has 2 aliphatic rings. The zero-order valence-corrected chi connectivity index (χ0v) is 23.3. The van der Waals surface area contributed by atoms with Crippen molar-refractivity contribution < 1.29 is 52.3 Å². The molecule has 1 fully saturated rings. The molecule has 2 atom stereocenters. The van der Waals surface area contributed by atoms with Crippen LogP contribution >= 0.6 is 0 Å². The molecule has 232 valence electrons. The van der Waals surface area contributed by atoms with Crippen LogP contribution in [0.3, 0.4) is 0 Å². The lowest BCUT2D eigenvalue weighted by Gasteiger charge is -2.33. The molecule has 15 nitrogen and oxygen atoms in total. The van der Waals surface area contributed by atoms with Crippen LogP contribution in [0.15, 0.2) is 30.3 Å². The molecule has 2 aromatic carbocycles. The van der Waals surface area contributed by atoms with E-state index in [1.54, 1.807) is 6.92 Å². The number of carboxylic acids is 1. The van der Waals surface area contributed by atoms with Gasteiger partial charge >= 0.3 is 37.0 Å². The number of carboxylic acid groups (broad SMARTS) is 1. The number of amides is 7. The maximum atomic E-state index is 15.4. The molecule has 4 rings (SSSR count). The highest BCUT2D eigenvalue weighted by Gasteiger charge is 2.42. The third-order valence-corrected chi connectivity index (χ3v) is 7.00. The number of carbonyl (C=O) groups excluding carboxylic acids is 5. The Hall–Kier alpha value is -5.26. The highest BCUT2D eigenvalue weighted by Crippen LogP contribution is 2.31. The number of aromatic carboxylic acids is 1. The average molecular weight is 616 g/mol. The number of fused-ring (bicyclic) bond motifs is 1. The second-order valence-electron chi connectivity index (χ2n) is 9.71. The summed E-state index contributed by atoms with van der Waals surface area (Å²) in [4.78, 5) is 76.4. The van der Waals surface area contributed by atoms with Crippen molar-refractivity contribution in [2.24, 2.45) is 0 Å². The molecular weight excluding hydrogens is 589 g/mol. The van der Waals surface area contributed by atoms with Crippen molar-refractivity contribution >= 4 is 48.6 Å². The van der Waals surface area contributed by atoms with Crippen molar-refractivity contribution in [1.29, 1.82) is 0 Å². The van der Waals surface area contributed by atoms with E-state index in [-0.39, 0.29) is 43.1 Å². The number of nitrogens with one attached hydrogen (secondary N) is 4. The minimum absolute atomic E-state index is 0.0166. The lowest BCUT2D eigenvalue weighted by molar-refractivity contribution is -0.153. The molecule has 44 heavy (non-hydrogen) atoms. The molecule has 0 bridgehead atoms. The van der Waals surface area contributed by atoms with Crippen molar-refractivity contribution in [2.75, 3.05) is 32.0 Å². The molecule has 7 amide bonds. The molecule has 6 N–H and O–H groups in total. The lowest BCUT2D eigenvalue weighted by Crippen LogP contribution is -2.60. The second-order valence-corrected chi connectivity index (χ2v) is 9.71. The van der Waals surface area contributed by atoms with E-state index in [4.69, 9.17) is 4.65 Å². The van der Waals surface area contributed by atoms with E-state index in [1.165, 1.54) is 30.1 Å². The number of nitrogens with zero attached hydrogens (tertiary/aromatic N) is 2. The molecule has 18 heteroatoms. The number of anilines is 1. The number of para-hydroxylation sites is 1. The summed E-state index contributed by atoms with van der Waals surface area (Å²) in [7, 11) is -0.540. The second kappa shape index (κ2) is 12.9. The Morgan fingerprint density at radius 3 is 2.41 bits per heavy atom. The monoisotopic (exact) mass is 616 g/mol. The van der Waals surface area contributed by atoms with Gasteiger partial charge in [-0.2, -0.15) is 0 Å². The van der Waals surface area contributed by atoms with E-state index >= 15 is 8.78 Å². The lowest BCUT2D eigenvalue weighted by atomic mass is 9.72. The van der Waals surface area contributed by atoms with Gasteiger partial charge in [0, 0.05) is 32.4 Å². The molecule has 0 saturated carbocycles. The first-order chi connectivity index (χ1) is 20.9. The Bertz CT molecular complexity index is 1520. The summed E-state index contributed by atoms with van der Waals surface area (Å²) in [6.45, 7) is 1.54. The fraction of sp³-hybridized carbons (Fsp3) is 0.308. The first-order valence-corrected chi connectivity index (χ1v) is 13.2. The van der Waals surface area contributed by atoms with Gasteiger partial charge in [-0.1, -0.05) is 12.1 Å². The fourth-order valence-corrected chi connectivity index (χ4v) is 4.75. The Morgan fingerprint density at radius 1 is 1.11 bits per heavy atom. The SMILES string of the molecule is CCN1CCN(C(=O)NC(C(=O)N[C@H]2Cc3cccc(C(=O)O)c3OB2O)c2c(F)cc(NC(=O)NC)cc2F)C(=O)C1=O. The Labute approximate surface area is 248 Å². The van der Waals surface area contributed by atoms with Crippen molar-refractivity contribution in [3.63, 3.8) is 0 Å². The molecule has 2 aliphatic heterocycles. The van der Waals surface area contributed by atoms with Crippen LogP contribution in [0.25, 0.3) is 0 Å². The van der Waals surface area contributed by atoms with Crippen molar-refractivity contribution in [1.82, 2.24) is 25.8 Å². The zero-order valence-electron chi connectivity index (χ0n) is 23.3. The summed E-state index contributed by atoms with van der Waals surface area (Å²) < 4.78 is 36.1. The number of hydrogen-bond donors (Lipinski definition) is 6. The molecule has 0 aliphatic carbocycles. The van der Waals surface area contributed by atoms with Gasteiger partial charge in [0.1, 0.15) is 23.4 Å². The summed E-state index contributed by atoms with van der Waals surface area (Å²) in [5, 5.41) is 28.8. The van der Waals surface area contributed by atoms with Crippen molar-refractivity contribution in [2.45, 2.75) is 25.3 Å². The highest BCUT2D eigenvalue weighted by molar-refractivity contribution is 6.47. The van der Waals surface area contributed by atoms with Gasteiger partial charge in [0.25, 0.3) is 0 Å². The number of carbonyl (C=O) groups is 6. The summed E-state index contributed by atoms with van der Waals surface area (Å²) in [6.07, 6.45) is -0.171. The van der Waals surface area contributed by atoms with Crippen LogP contribution in [-0.4, -0.2) is 95.4 Å². The fourth-order valence-electron chi connectivity index (χ4n) is 4.75. The zero-order chi connectivity index (χ0) is 32.3. The van der Waals surface area contributed by atoms with Gasteiger partial charge in [0.15, 0.2) is 0 Å². The quantitative estimate of drug-likeness (QED) is 0.183. The highest BCUT2D eigenvalue weighted by atomic mass is 19.1. The van der Waals surface area contributed by atoms with Crippen LogP contribution in [0.4, 0.5) is 24.1 Å². The van der Waals surface area contributed by atoms with Gasteiger partial charge < -0.3 is 41.0 Å². The smallest absolute Gasteiger partial charge is 0.534 e. The van der Waals surface area contributed by atoms with Crippen LogP contribution in [0.1, 0.15) is 34.5 Å². The van der Waals surface area contributed by atoms with Crippen LogP contribution in [-0.2, 0) is 20.8 Å². The maximum Gasteiger partial charge on any atom is 0.547 e. The number of likely N-dealkylation sites (N-methyl/N-ethyl adjacent to an activating group) is 1. The molecule has 1 unspecified atom stereocenters. The summed E-state index contributed by atoms with van der Waals surface area (Å²) in [5.74, 6) is -8.93. The standard InChI is InChI=1S/C26H27BF2N6O9/c1-3-34-7-8-35(23(38)22(34)37)26(42)33-19(18-15(28)10-13(11-16(18)29)31-25(41)30-2)21(36)32-17-9-12-5-4-6-14(24(39)40)20(12)44-27(17)43/h4-6,10-11,17,19,43H,3,7-9H2,1-2H3,(H,32,36)(H,33,42)(H,39,40)(H2,30,31,41)/t17-,19?/m0/s1. The Balaban J connectivity index is 1.65. The number of imide groups is 1. The minimum Gasteiger partial charge on any atom is -0.534 e. The molecular formula is C26H27BF2N6O9. The summed E-state index contributed by atoms with van der Waals surface area (Å²) in [6, 6.07) is 1.27. The van der Waals surface area contributed by atoms with E-state index < -0.39 is 72.1 Å². The Morgan fingerprint density at radius 2 is 1.80 bits per heavy atom. The van der Waals surface area contributed by atoms with Crippen LogP contribution in [0.2, 0.25) is 0 Å². The van der Waals surface area contributed by atoms with Crippen LogP contribution in [0.5, 0.6) is 5.75 Å². The summed E-state index contributed by atoms with van der Waals surface area (Å²) >= 11 is 0. The molecule has 2 aromatic rings. The number of halogens is 2. The van der Waals surface area contributed by atoms with E-state index in [2.05, 4.69) is 21.3 Å². The maximum absolute atomic E-state index is 15.4. The largest absolute Gasteiger partial charge is 0.547 e. The van der Waals surface area contributed by atoms with E-state index in [1.807, 2.05) is 0 Å².